The molecule has 1 N–H and O–H groups in total. The fourth-order valence-corrected chi connectivity index (χ4v) is 2.06. The number of likely N-dealkylation sites (N-methyl/N-ethyl adjacent to an activating group) is 1. The van der Waals surface area contributed by atoms with E-state index in [-0.39, 0.29) is 30.9 Å². The van der Waals surface area contributed by atoms with Crippen LogP contribution in [0.2, 0.25) is 0 Å². The molecule has 1 aliphatic heterocycles. The first-order valence-corrected chi connectivity index (χ1v) is 6.31. The average Bonchev–Trinajstić information content (AvgIpc) is 2.37. The van der Waals surface area contributed by atoms with Gasteiger partial charge in [-0.25, -0.2) is 0 Å². The van der Waals surface area contributed by atoms with Gasteiger partial charge in [-0.05, 0) is 12.1 Å². The van der Waals surface area contributed by atoms with E-state index in [2.05, 4.69) is 0 Å². The van der Waals surface area contributed by atoms with E-state index >= 15 is 0 Å². The summed E-state index contributed by atoms with van der Waals surface area (Å²) in [4.78, 5) is 27.0. The predicted octanol–water partition coefficient (Wildman–Crippen LogP) is 0.209. The van der Waals surface area contributed by atoms with Gasteiger partial charge >= 0.3 is 0 Å². The van der Waals surface area contributed by atoms with Crippen LogP contribution in [0.25, 0.3) is 0 Å². The maximum atomic E-state index is 12.0. The second-order valence-electron chi connectivity index (χ2n) is 4.87. The zero-order valence-electron chi connectivity index (χ0n) is 11.0. The second-order valence-corrected chi connectivity index (χ2v) is 4.87. The van der Waals surface area contributed by atoms with Gasteiger partial charge in [-0.2, -0.15) is 0 Å². The first-order chi connectivity index (χ1) is 9.11. The third-order valence-corrected chi connectivity index (χ3v) is 3.31. The number of hydrogen-bond donors (Lipinski definition) is 1. The highest BCUT2D eigenvalue weighted by atomic mass is 16.3. The number of likely N-dealkylation sites (tertiary alicyclic amines) is 1. The van der Waals surface area contributed by atoms with Gasteiger partial charge in [-0.1, -0.05) is 18.2 Å². The number of aliphatic hydroxyl groups excluding tert-OH is 1. The molecule has 5 nitrogen and oxygen atoms in total. The molecular formula is C14H18N2O3. The van der Waals surface area contributed by atoms with Gasteiger partial charge < -0.3 is 14.9 Å². The summed E-state index contributed by atoms with van der Waals surface area (Å²) < 4.78 is 0. The van der Waals surface area contributed by atoms with Crippen LogP contribution in [0, 0.1) is 5.92 Å². The Balaban J connectivity index is 1.86. The highest BCUT2D eigenvalue weighted by molar-refractivity contribution is 5.96. The molecule has 19 heavy (non-hydrogen) atoms. The lowest BCUT2D eigenvalue weighted by Crippen LogP contribution is -2.54. The second kappa shape index (κ2) is 5.84. The first kappa shape index (κ1) is 13.5. The van der Waals surface area contributed by atoms with Crippen LogP contribution in [-0.2, 0) is 4.79 Å². The van der Waals surface area contributed by atoms with Gasteiger partial charge in [0.2, 0.25) is 5.91 Å². The molecule has 1 aliphatic rings. The van der Waals surface area contributed by atoms with Crippen LogP contribution in [0.1, 0.15) is 10.4 Å². The van der Waals surface area contributed by atoms with E-state index < -0.39 is 0 Å². The largest absolute Gasteiger partial charge is 0.396 e. The number of rotatable bonds is 4. The van der Waals surface area contributed by atoms with Gasteiger partial charge in [0, 0.05) is 38.2 Å². The molecule has 1 aromatic carbocycles. The average molecular weight is 262 g/mol. The van der Waals surface area contributed by atoms with Crippen LogP contribution in [0.3, 0.4) is 0 Å². The normalized spacial score (nSPS) is 14.9. The SMILES string of the molecule is CN(CC(=O)N1CC(CO)C1)C(=O)c1ccccc1. The Morgan fingerprint density at radius 2 is 1.95 bits per heavy atom. The van der Waals surface area contributed by atoms with Crippen molar-refractivity contribution in [1.82, 2.24) is 9.80 Å². The van der Waals surface area contributed by atoms with Crippen molar-refractivity contribution in [2.75, 3.05) is 33.3 Å². The Bertz CT molecular complexity index is 455. The molecule has 0 unspecified atom stereocenters. The summed E-state index contributed by atoms with van der Waals surface area (Å²) in [6.45, 7) is 1.36. The maximum Gasteiger partial charge on any atom is 0.254 e. The van der Waals surface area contributed by atoms with Crippen molar-refractivity contribution >= 4 is 11.8 Å². The standard InChI is InChI=1S/C14H18N2O3/c1-15(14(19)12-5-3-2-4-6-12)9-13(18)16-7-11(8-16)10-17/h2-6,11,17H,7-10H2,1H3. The molecule has 0 aliphatic carbocycles. The van der Waals surface area contributed by atoms with Crippen LogP contribution in [0.15, 0.2) is 30.3 Å². The Hall–Kier alpha value is -1.88. The minimum atomic E-state index is -0.159. The smallest absolute Gasteiger partial charge is 0.254 e. The molecule has 1 fully saturated rings. The van der Waals surface area contributed by atoms with E-state index in [1.54, 1.807) is 36.2 Å². The molecule has 0 saturated carbocycles. The molecule has 0 aromatic heterocycles. The van der Waals surface area contributed by atoms with E-state index in [4.69, 9.17) is 5.11 Å². The van der Waals surface area contributed by atoms with E-state index in [0.717, 1.165) is 0 Å². The highest BCUT2D eigenvalue weighted by Gasteiger charge is 2.30. The fourth-order valence-electron chi connectivity index (χ4n) is 2.06. The zero-order valence-corrected chi connectivity index (χ0v) is 11.0. The lowest BCUT2D eigenvalue weighted by molar-refractivity contribution is -0.138. The number of nitrogens with zero attached hydrogens (tertiary/aromatic N) is 2. The monoisotopic (exact) mass is 262 g/mol. The zero-order chi connectivity index (χ0) is 13.8. The van der Waals surface area contributed by atoms with Gasteiger partial charge in [0.05, 0.1) is 6.54 Å². The molecule has 1 saturated heterocycles. The summed E-state index contributed by atoms with van der Waals surface area (Å²) >= 11 is 0. The number of benzene rings is 1. The van der Waals surface area contributed by atoms with E-state index in [1.165, 1.54) is 4.90 Å². The summed E-state index contributed by atoms with van der Waals surface area (Å²) in [5.74, 6) is -0.0382. The van der Waals surface area contributed by atoms with Crippen molar-refractivity contribution in [2.45, 2.75) is 0 Å². The van der Waals surface area contributed by atoms with E-state index in [9.17, 15) is 9.59 Å². The minimum absolute atomic E-state index is 0.0727. The number of carbonyl (C=O) groups excluding carboxylic acids is 2. The Labute approximate surface area is 112 Å². The topological polar surface area (TPSA) is 60.9 Å². The molecule has 2 amide bonds. The number of amides is 2. The molecule has 1 heterocycles. The quantitative estimate of drug-likeness (QED) is 0.843. The van der Waals surface area contributed by atoms with Gasteiger partial charge in [-0.15, -0.1) is 0 Å². The fraction of sp³-hybridized carbons (Fsp3) is 0.429. The van der Waals surface area contributed by atoms with Gasteiger partial charge in [0.25, 0.3) is 5.91 Å². The third kappa shape index (κ3) is 3.12. The van der Waals surface area contributed by atoms with Crippen LogP contribution in [0.5, 0.6) is 0 Å². The molecule has 0 bridgehead atoms. The van der Waals surface area contributed by atoms with Crippen molar-refractivity contribution in [3.63, 3.8) is 0 Å². The summed E-state index contributed by atoms with van der Waals surface area (Å²) in [6.07, 6.45) is 0. The first-order valence-electron chi connectivity index (χ1n) is 6.31. The van der Waals surface area contributed by atoms with E-state index in [0.29, 0.717) is 18.7 Å². The molecule has 0 radical (unpaired) electrons. The molecule has 0 atom stereocenters. The van der Waals surface area contributed by atoms with Crippen molar-refractivity contribution < 1.29 is 14.7 Å². The Morgan fingerprint density at radius 3 is 2.53 bits per heavy atom. The number of carbonyl (C=O) groups is 2. The van der Waals surface area contributed by atoms with Crippen LogP contribution in [-0.4, -0.2) is 60.0 Å². The minimum Gasteiger partial charge on any atom is -0.396 e. The van der Waals surface area contributed by atoms with E-state index in [1.807, 2.05) is 6.07 Å². The van der Waals surface area contributed by atoms with Crippen molar-refractivity contribution in [3.05, 3.63) is 35.9 Å². The summed E-state index contributed by atoms with van der Waals surface area (Å²) in [7, 11) is 1.62. The van der Waals surface area contributed by atoms with Gasteiger partial charge in [0.1, 0.15) is 0 Å². The number of hydrogen-bond acceptors (Lipinski definition) is 3. The van der Waals surface area contributed by atoms with Crippen LogP contribution >= 0.6 is 0 Å². The highest BCUT2D eigenvalue weighted by Crippen LogP contribution is 2.15. The Morgan fingerprint density at radius 1 is 1.32 bits per heavy atom. The lowest BCUT2D eigenvalue weighted by atomic mass is 10.0. The number of aliphatic hydroxyl groups is 1. The van der Waals surface area contributed by atoms with Crippen molar-refractivity contribution in [3.8, 4) is 0 Å². The summed E-state index contributed by atoms with van der Waals surface area (Å²) in [5, 5.41) is 8.90. The van der Waals surface area contributed by atoms with Gasteiger partial charge in [-0.3, -0.25) is 9.59 Å². The molecule has 1 aromatic rings. The summed E-state index contributed by atoms with van der Waals surface area (Å²) in [6, 6.07) is 8.90. The molecular weight excluding hydrogens is 244 g/mol. The van der Waals surface area contributed by atoms with Gasteiger partial charge in [0.15, 0.2) is 0 Å². The van der Waals surface area contributed by atoms with Crippen molar-refractivity contribution in [2.24, 2.45) is 5.92 Å². The van der Waals surface area contributed by atoms with Crippen LogP contribution < -0.4 is 0 Å². The molecule has 2 rings (SSSR count). The predicted molar refractivity (Wildman–Crippen MR) is 70.6 cm³/mol. The van der Waals surface area contributed by atoms with Crippen LogP contribution in [0.4, 0.5) is 0 Å². The maximum absolute atomic E-state index is 12.0. The molecule has 5 heteroatoms. The third-order valence-electron chi connectivity index (χ3n) is 3.31. The molecule has 0 spiro atoms. The van der Waals surface area contributed by atoms with Crippen molar-refractivity contribution in [1.29, 1.82) is 0 Å². The molecule has 102 valence electrons. The lowest BCUT2D eigenvalue weighted by Gasteiger charge is -2.39. The Kier molecular flexibility index (Phi) is 4.16. The summed E-state index contributed by atoms with van der Waals surface area (Å²) in [5.41, 5.74) is 0.578.